The lowest BCUT2D eigenvalue weighted by atomic mass is 10.1. The van der Waals surface area contributed by atoms with Crippen LogP contribution in [0.2, 0.25) is 0 Å². The van der Waals surface area contributed by atoms with Gasteiger partial charge in [-0.15, -0.1) is 0 Å². The molecule has 1 heterocycles. The highest BCUT2D eigenvalue weighted by Gasteiger charge is 2.15. The summed E-state index contributed by atoms with van der Waals surface area (Å²) in [5, 5.41) is 3.57. The number of carbonyl (C=O) groups excluding carboxylic acids is 1. The van der Waals surface area contributed by atoms with Crippen LogP contribution in [0.5, 0.6) is 11.5 Å². The van der Waals surface area contributed by atoms with Crippen LogP contribution >= 0.6 is 0 Å². The number of rotatable bonds is 5. The van der Waals surface area contributed by atoms with E-state index in [1.165, 1.54) is 12.1 Å². The summed E-state index contributed by atoms with van der Waals surface area (Å²) in [5.74, 6) is 0.626. The molecular weight excluding hydrogens is 323 g/mol. The molecular formula is C19H19FN2O3. The van der Waals surface area contributed by atoms with Gasteiger partial charge in [0.1, 0.15) is 11.5 Å². The third-order valence-corrected chi connectivity index (χ3v) is 4.08. The fourth-order valence-corrected chi connectivity index (χ4v) is 2.71. The summed E-state index contributed by atoms with van der Waals surface area (Å²) in [6, 6.07) is 11.2. The summed E-state index contributed by atoms with van der Waals surface area (Å²) >= 11 is 0. The summed E-state index contributed by atoms with van der Waals surface area (Å²) < 4.78 is 23.8. The van der Waals surface area contributed by atoms with Crippen LogP contribution in [0.3, 0.4) is 0 Å². The van der Waals surface area contributed by atoms with Gasteiger partial charge < -0.3 is 19.8 Å². The van der Waals surface area contributed by atoms with Gasteiger partial charge in [0, 0.05) is 10.9 Å². The molecule has 1 aromatic heterocycles. The van der Waals surface area contributed by atoms with E-state index in [1.807, 2.05) is 19.1 Å². The van der Waals surface area contributed by atoms with Gasteiger partial charge in [0.05, 0.1) is 20.3 Å². The lowest BCUT2D eigenvalue weighted by molar-refractivity contribution is 0.0935. The molecule has 130 valence electrons. The number of hydrogen-bond donors (Lipinski definition) is 2. The van der Waals surface area contributed by atoms with Gasteiger partial charge in [-0.25, -0.2) is 4.39 Å². The number of H-pyrrole nitrogens is 1. The first-order valence-corrected chi connectivity index (χ1v) is 7.83. The minimum atomic E-state index is -0.336. The van der Waals surface area contributed by atoms with Crippen molar-refractivity contribution in [1.29, 1.82) is 0 Å². The lowest BCUT2D eigenvalue weighted by Gasteiger charge is -2.16. The fourth-order valence-electron chi connectivity index (χ4n) is 2.71. The number of benzene rings is 2. The van der Waals surface area contributed by atoms with Crippen molar-refractivity contribution in [2.75, 3.05) is 14.2 Å². The Labute approximate surface area is 144 Å². The maximum absolute atomic E-state index is 13.3. The van der Waals surface area contributed by atoms with Crippen LogP contribution < -0.4 is 14.8 Å². The van der Waals surface area contributed by atoms with Gasteiger partial charge in [-0.1, -0.05) is 6.07 Å². The van der Waals surface area contributed by atoms with Gasteiger partial charge in [0.25, 0.3) is 5.91 Å². The normalized spacial score (nSPS) is 12.0. The van der Waals surface area contributed by atoms with Crippen LogP contribution in [-0.2, 0) is 0 Å². The lowest BCUT2D eigenvalue weighted by Crippen LogP contribution is -2.26. The molecule has 0 bridgehead atoms. The van der Waals surface area contributed by atoms with Gasteiger partial charge in [-0.2, -0.15) is 0 Å². The molecule has 3 aromatic rings. The maximum atomic E-state index is 13.3. The second-order valence-electron chi connectivity index (χ2n) is 5.72. The summed E-state index contributed by atoms with van der Waals surface area (Å²) in [5.41, 5.74) is 1.98. The van der Waals surface area contributed by atoms with Crippen LogP contribution in [-0.4, -0.2) is 25.1 Å². The van der Waals surface area contributed by atoms with E-state index >= 15 is 0 Å². The van der Waals surface area contributed by atoms with Gasteiger partial charge in [-0.05, 0) is 48.9 Å². The molecule has 25 heavy (non-hydrogen) atoms. The van der Waals surface area contributed by atoms with Gasteiger partial charge >= 0.3 is 0 Å². The number of aromatic amines is 1. The Kier molecular flexibility index (Phi) is 4.61. The van der Waals surface area contributed by atoms with Crippen LogP contribution in [0.1, 0.15) is 29.0 Å². The topological polar surface area (TPSA) is 63.3 Å². The predicted molar refractivity (Wildman–Crippen MR) is 93.7 cm³/mol. The number of ether oxygens (including phenoxy) is 2. The highest BCUT2D eigenvalue weighted by atomic mass is 19.1. The summed E-state index contributed by atoms with van der Waals surface area (Å²) in [4.78, 5) is 15.5. The molecule has 0 aliphatic rings. The zero-order valence-electron chi connectivity index (χ0n) is 14.2. The molecule has 0 saturated carbocycles. The Hall–Kier alpha value is -3.02. The first kappa shape index (κ1) is 16.8. The summed E-state index contributed by atoms with van der Waals surface area (Å²) in [7, 11) is 3.13. The Bertz CT molecular complexity index is 920. The molecule has 0 aliphatic heterocycles. The number of nitrogens with one attached hydrogen (secondary N) is 2. The molecule has 2 N–H and O–H groups in total. The van der Waals surface area contributed by atoms with E-state index in [0.29, 0.717) is 28.1 Å². The molecule has 0 radical (unpaired) electrons. The van der Waals surface area contributed by atoms with Crippen molar-refractivity contribution in [3.63, 3.8) is 0 Å². The Morgan fingerprint density at radius 1 is 1.08 bits per heavy atom. The van der Waals surface area contributed by atoms with E-state index in [4.69, 9.17) is 9.47 Å². The van der Waals surface area contributed by atoms with Crippen molar-refractivity contribution in [2.45, 2.75) is 13.0 Å². The van der Waals surface area contributed by atoms with E-state index < -0.39 is 0 Å². The zero-order chi connectivity index (χ0) is 18.0. The minimum absolute atomic E-state index is 0.240. The number of carbonyl (C=O) groups is 1. The number of methoxy groups -OCH3 is 2. The van der Waals surface area contributed by atoms with Crippen molar-refractivity contribution in [2.24, 2.45) is 0 Å². The zero-order valence-corrected chi connectivity index (χ0v) is 14.2. The maximum Gasteiger partial charge on any atom is 0.268 e. The minimum Gasteiger partial charge on any atom is -0.493 e. The fraction of sp³-hybridized carbons (Fsp3) is 0.211. The van der Waals surface area contributed by atoms with E-state index in [2.05, 4.69) is 10.3 Å². The number of hydrogen-bond acceptors (Lipinski definition) is 3. The number of fused-ring (bicyclic) bond motifs is 1. The quantitative estimate of drug-likeness (QED) is 0.741. The Morgan fingerprint density at radius 3 is 2.56 bits per heavy atom. The second-order valence-corrected chi connectivity index (χ2v) is 5.72. The standard InChI is InChI=1S/C19H19FN2O3/c1-11(12-4-7-17(24-2)18(10-12)25-3)21-19(23)16-9-13-8-14(20)5-6-15(13)22-16/h4-11,22H,1-3H3,(H,21,23). The Morgan fingerprint density at radius 2 is 1.84 bits per heavy atom. The first-order chi connectivity index (χ1) is 12.0. The van der Waals surface area contributed by atoms with Crippen molar-refractivity contribution in [3.05, 3.63) is 59.5 Å². The Balaban J connectivity index is 1.79. The van der Waals surface area contributed by atoms with Gasteiger partial charge in [0.2, 0.25) is 0 Å². The molecule has 5 nitrogen and oxygen atoms in total. The average molecular weight is 342 g/mol. The molecule has 6 heteroatoms. The van der Waals surface area contributed by atoms with E-state index in [9.17, 15) is 9.18 Å². The van der Waals surface area contributed by atoms with E-state index in [-0.39, 0.29) is 17.8 Å². The second kappa shape index (κ2) is 6.84. The summed E-state index contributed by atoms with van der Waals surface area (Å²) in [6.45, 7) is 1.88. The van der Waals surface area contributed by atoms with E-state index in [0.717, 1.165) is 5.56 Å². The van der Waals surface area contributed by atoms with Crippen molar-refractivity contribution >= 4 is 16.8 Å². The molecule has 0 saturated heterocycles. The van der Waals surface area contributed by atoms with Crippen LogP contribution in [0, 0.1) is 5.82 Å². The largest absolute Gasteiger partial charge is 0.493 e. The average Bonchev–Trinajstić information content (AvgIpc) is 3.04. The molecule has 1 unspecified atom stereocenters. The van der Waals surface area contributed by atoms with Gasteiger partial charge in [0.15, 0.2) is 11.5 Å². The molecule has 1 atom stereocenters. The molecule has 1 amide bonds. The van der Waals surface area contributed by atoms with Crippen molar-refractivity contribution < 1.29 is 18.7 Å². The van der Waals surface area contributed by atoms with Crippen LogP contribution in [0.25, 0.3) is 10.9 Å². The number of amides is 1. The molecule has 3 rings (SSSR count). The molecule has 0 spiro atoms. The first-order valence-electron chi connectivity index (χ1n) is 7.83. The van der Waals surface area contributed by atoms with Crippen molar-refractivity contribution in [3.8, 4) is 11.5 Å². The third-order valence-electron chi connectivity index (χ3n) is 4.08. The highest BCUT2D eigenvalue weighted by molar-refractivity contribution is 5.98. The molecule has 2 aromatic carbocycles. The van der Waals surface area contributed by atoms with Crippen molar-refractivity contribution in [1.82, 2.24) is 10.3 Å². The summed E-state index contributed by atoms with van der Waals surface area (Å²) in [6.07, 6.45) is 0. The smallest absolute Gasteiger partial charge is 0.268 e. The van der Waals surface area contributed by atoms with Crippen LogP contribution in [0.4, 0.5) is 4.39 Å². The number of aromatic nitrogens is 1. The molecule has 0 fully saturated rings. The van der Waals surface area contributed by atoms with E-state index in [1.54, 1.807) is 32.4 Å². The SMILES string of the molecule is COc1ccc(C(C)NC(=O)c2cc3cc(F)ccc3[nH]2)cc1OC. The monoisotopic (exact) mass is 342 g/mol. The predicted octanol–water partition coefficient (Wildman–Crippen LogP) is 3.82. The van der Waals surface area contributed by atoms with Gasteiger partial charge in [-0.3, -0.25) is 4.79 Å². The number of halogens is 1. The van der Waals surface area contributed by atoms with Crippen LogP contribution in [0.15, 0.2) is 42.5 Å². The highest BCUT2D eigenvalue weighted by Crippen LogP contribution is 2.30. The molecule has 0 aliphatic carbocycles. The third kappa shape index (κ3) is 3.42.